The second-order valence-electron chi connectivity index (χ2n) is 7.71. The quantitative estimate of drug-likeness (QED) is 0.329. The average molecular weight is 527 g/mol. The van der Waals surface area contributed by atoms with Crippen molar-refractivity contribution in [3.05, 3.63) is 52.5 Å². The molecule has 0 saturated carbocycles. The lowest BCUT2D eigenvalue weighted by Crippen LogP contribution is -2.39. The zero-order valence-corrected chi connectivity index (χ0v) is 22.1. The predicted octanol–water partition coefficient (Wildman–Crippen LogP) is 6.16. The van der Waals surface area contributed by atoms with Gasteiger partial charge in [-0.3, -0.25) is 14.6 Å². The van der Waals surface area contributed by atoms with Gasteiger partial charge in [-0.1, -0.05) is 42.0 Å². The molecule has 33 heavy (non-hydrogen) atoms. The van der Waals surface area contributed by atoms with Crippen LogP contribution in [0.25, 0.3) is 10.2 Å². The van der Waals surface area contributed by atoms with Gasteiger partial charge in [-0.15, -0.1) is 24.2 Å². The van der Waals surface area contributed by atoms with Gasteiger partial charge in [0.1, 0.15) is 0 Å². The molecule has 3 aromatic rings. The van der Waals surface area contributed by atoms with E-state index in [1.54, 1.807) is 23.1 Å². The normalized spacial score (nSPS) is 14.3. The minimum Gasteiger partial charge on any atom is -0.379 e. The van der Waals surface area contributed by atoms with Crippen molar-refractivity contribution in [2.75, 3.05) is 50.0 Å². The number of thioether (sulfide) groups is 1. The molecule has 0 radical (unpaired) electrons. The number of amides is 1. The summed E-state index contributed by atoms with van der Waals surface area (Å²) in [6.45, 7) is 9.09. The molecule has 0 unspecified atom stereocenters. The first-order chi connectivity index (χ1) is 15.6. The SMILES string of the molecule is CCSc1ccccc1C(=O)N(CCCN1CCOCC1)c1nc2c(C)c(Cl)ccc2s1.Cl. The summed E-state index contributed by atoms with van der Waals surface area (Å²) in [5, 5.41) is 1.43. The van der Waals surface area contributed by atoms with Crippen LogP contribution in [-0.2, 0) is 4.74 Å². The highest BCUT2D eigenvalue weighted by Crippen LogP contribution is 2.35. The Morgan fingerprint density at radius 1 is 1.24 bits per heavy atom. The van der Waals surface area contributed by atoms with E-state index in [0.717, 1.165) is 76.4 Å². The molecular formula is C24H29Cl2N3O2S2. The van der Waals surface area contributed by atoms with Crippen LogP contribution >= 0.6 is 47.1 Å². The minimum atomic E-state index is 0. The number of nitrogens with zero attached hydrogens (tertiary/aromatic N) is 3. The highest BCUT2D eigenvalue weighted by Gasteiger charge is 2.24. The summed E-state index contributed by atoms with van der Waals surface area (Å²) in [5.74, 6) is 0.923. The maximum Gasteiger partial charge on any atom is 0.261 e. The fourth-order valence-corrected chi connectivity index (χ4v) is 5.83. The zero-order valence-electron chi connectivity index (χ0n) is 18.9. The molecule has 2 heterocycles. The molecule has 0 spiro atoms. The summed E-state index contributed by atoms with van der Waals surface area (Å²) in [7, 11) is 0. The first kappa shape index (κ1) is 26.3. The molecule has 1 fully saturated rings. The van der Waals surface area contributed by atoms with Crippen molar-refractivity contribution >= 4 is 68.4 Å². The van der Waals surface area contributed by atoms with Gasteiger partial charge in [0.05, 0.1) is 29.0 Å². The van der Waals surface area contributed by atoms with Crippen LogP contribution in [0.1, 0.15) is 29.3 Å². The monoisotopic (exact) mass is 525 g/mol. The summed E-state index contributed by atoms with van der Waals surface area (Å²) in [6.07, 6.45) is 0.879. The predicted molar refractivity (Wildman–Crippen MR) is 143 cm³/mol. The molecule has 0 N–H and O–H groups in total. The van der Waals surface area contributed by atoms with Gasteiger partial charge in [0.2, 0.25) is 0 Å². The van der Waals surface area contributed by atoms with Gasteiger partial charge in [-0.2, -0.15) is 0 Å². The molecule has 178 valence electrons. The number of carbonyl (C=O) groups is 1. The van der Waals surface area contributed by atoms with Crippen molar-refractivity contribution in [3.63, 3.8) is 0 Å². The lowest BCUT2D eigenvalue weighted by atomic mass is 10.2. The van der Waals surface area contributed by atoms with Crippen LogP contribution in [0.4, 0.5) is 5.13 Å². The summed E-state index contributed by atoms with van der Waals surface area (Å²) < 4.78 is 6.50. The Morgan fingerprint density at radius 2 is 2.00 bits per heavy atom. The Labute approximate surface area is 214 Å². The molecular weight excluding hydrogens is 497 g/mol. The second-order valence-corrected chi connectivity index (χ2v) is 10.4. The Hall–Kier alpha value is -1.35. The van der Waals surface area contributed by atoms with E-state index < -0.39 is 0 Å². The third kappa shape index (κ3) is 6.21. The summed E-state index contributed by atoms with van der Waals surface area (Å²) in [5.41, 5.74) is 2.56. The number of morpholine rings is 1. The third-order valence-corrected chi connectivity index (χ3v) is 8.00. The molecule has 1 amide bonds. The van der Waals surface area contributed by atoms with Crippen molar-refractivity contribution in [3.8, 4) is 0 Å². The van der Waals surface area contributed by atoms with Crippen LogP contribution in [0.2, 0.25) is 5.02 Å². The van der Waals surface area contributed by atoms with Crippen LogP contribution in [0.15, 0.2) is 41.3 Å². The maximum atomic E-state index is 13.8. The number of ether oxygens (including phenoxy) is 1. The largest absolute Gasteiger partial charge is 0.379 e. The molecule has 1 aliphatic heterocycles. The van der Waals surface area contributed by atoms with E-state index >= 15 is 0 Å². The third-order valence-electron chi connectivity index (χ3n) is 5.59. The number of aromatic nitrogens is 1. The highest BCUT2D eigenvalue weighted by atomic mass is 35.5. The summed E-state index contributed by atoms with van der Waals surface area (Å²) >= 11 is 9.57. The molecule has 9 heteroatoms. The van der Waals surface area contributed by atoms with E-state index in [2.05, 4.69) is 11.8 Å². The molecule has 2 aromatic carbocycles. The van der Waals surface area contributed by atoms with Crippen LogP contribution in [0.5, 0.6) is 0 Å². The molecule has 0 atom stereocenters. The van der Waals surface area contributed by atoms with E-state index in [0.29, 0.717) is 11.6 Å². The Morgan fingerprint density at radius 3 is 2.76 bits per heavy atom. The number of aryl methyl sites for hydroxylation is 1. The molecule has 1 saturated heterocycles. The smallest absolute Gasteiger partial charge is 0.261 e. The van der Waals surface area contributed by atoms with Crippen molar-refractivity contribution in [2.24, 2.45) is 0 Å². The second kappa shape index (κ2) is 12.4. The van der Waals surface area contributed by atoms with Gasteiger partial charge < -0.3 is 4.74 Å². The maximum absolute atomic E-state index is 13.8. The number of fused-ring (bicyclic) bond motifs is 1. The summed E-state index contributed by atoms with van der Waals surface area (Å²) in [4.78, 5) is 23.9. The Kier molecular flexibility index (Phi) is 9.85. The van der Waals surface area contributed by atoms with E-state index in [1.807, 2.05) is 48.2 Å². The topological polar surface area (TPSA) is 45.7 Å². The fourth-order valence-electron chi connectivity index (χ4n) is 3.84. The lowest BCUT2D eigenvalue weighted by Gasteiger charge is -2.28. The van der Waals surface area contributed by atoms with Crippen LogP contribution in [-0.4, -0.2) is 60.9 Å². The standard InChI is InChI=1S/C24H28ClN3O2S2.ClH/c1-3-31-20-8-5-4-7-18(20)23(29)28(12-6-11-27-13-15-30-16-14-27)24-26-22-17(2)19(25)9-10-21(22)32-24;/h4-5,7-10H,3,6,11-16H2,1-2H3;1H. The van der Waals surface area contributed by atoms with Gasteiger partial charge >= 0.3 is 0 Å². The number of anilines is 1. The Balaban J connectivity index is 0.00000306. The van der Waals surface area contributed by atoms with Gasteiger partial charge in [0.15, 0.2) is 5.13 Å². The van der Waals surface area contributed by atoms with Crippen LogP contribution in [0, 0.1) is 6.92 Å². The molecule has 4 rings (SSSR count). The number of carbonyl (C=O) groups excluding carboxylic acids is 1. The van der Waals surface area contributed by atoms with Crippen molar-refractivity contribution in [2.45, 2.75) is 25.2 Å². The van der Waals surface area contributed by atoms with E-state index in [-0.39, 0.29) is 18.3 Å². The molecule has 0 aliphatic carbocycles. The summed E-state index contributed by atoms with van der Waals surface area (Å²) in [6, 6.07) is 11.8. The molecule has 1 aromatic heterocycles. The van der Waals surface area contributed by atoms with Crippen molar-refractivity contribution < 1.29 is 9.53 Å². The van der Waals surface area contributed by atoms with Crippen molar-refractivity contribution in [1.82, 2.24) is 9.88 Å². The Bertz CT molecular complexity index is 1090. The molecule has 1 aliphatic rings. The number of hydrogen-bond donors (Lipinski definition) is 0. The van der Waals surface area contributed by atoms with E-state index in [1.165, 1.54) is 0 Å². The number of hydrogen-bond acceptors (Lipinski definition) is 6. The molecule has 0 bridgehead atoms. The number of benzene rings is 2. The zero-order chi connectivity index (χ0) is 22.5. The minimum absolute atomic E-state index is 0. The number of halogens is 2. The first-order valence-electron chi connectivity index (χ1n) is 11.0. The van der Waals surface area contributed by atoms with Gasteiger partial charge in [-0.25, -0.2) is 4.98 Å². The fraction of sp³-hybridized carbons (Fsp3) is 0.417. The van der Waals surface area contributed by atoms with Crippen LogP contribution in [0.3, 0.4) is 0 Å². The van der Waals surface area contributed by atoms with Gasteiger partial charge in [-0.05, 0) is 48.9 Å². The number of rotatable bonds is 8. The van der Waals surface area contributed by atoms with Gasteiger partial charge in [0, 0.05) is 36.1 Å². The lowest BCUT2D eigenvalue weighted by molar-refractivity contribution is 0.0376. The first-order valence-corrected chi connectivity index (χ1v) is 13.2. The van der Waals surface area contributed by atoms with Crippen molar-refractivity contribution in [1.29, 1.82) is 0 Å². The number of thiazole rings is 1. The molecule has 5 nitrogen and oxygen atoms in total. The van der Waals surface area contributed by atoms with E-state index in [4.69, 9.17) is 21.3 Å². The van der Waals surface area contributed by atoms with Gasteiger partial charge in [0.25, 0.3) is 5.91 Å². The highest BCUT2D eigenvalue weighted by molar-refractivity contribution is 7.99. The average Bonchev–Trinajstić information content (AvgIpc) is 3.25. The van der Waals surface area contributed by atoms with Crippen LogP contribution < -0.4 is 4.90 Å². The van der Waals surface area contributed by atoms with E-state index in [9.17, 15) is 4.79 Å².